The highest BCUT2D eigenvalue weighted by Gasteiger charge is 2.10. The van der Waals surface area contributed by atoms with Crippen LogP contribution in [0.5, 0.6) is 0 Å². The van der Waals surface area contributed by atoms with Gasteiger partial charge in [-0.1, -0.05) is 13.0 Å². The smallest absolute Gasteiger partial charge is 0.0626 e. The SMILES string of the molecule is CCc1ccc(CS(=O)c2cc(N)ccc2C)s1. The number of anilines is 1. The summed E-state index contributed by atoms with van der Waals surface area (Å²) in [5.74, 6) is 0.578. The zero-order chi connectivity index (χ0) is 13.1. The molecule has 18 heavy (non-hydrogen) atoms. The first-order valence-electron chi connectivity index (χ1n) is 5.92. The molecule has 2 rings (SSSR count). The largest absolute Gasteiger partial charge is 0.399 e. The second-order valence-corrected chi connectivity index (χ2v) is 6.91. The minimum Gasteiger partial charge on any atom is -0.399 e. The van der Waals surface area contributed by atoms with Crippen LogP contribution in [0.2, 0.25) is 0 Å². The maximum Gasteiger partial charge on any atom is 0.0626 e. The van der Waals surface area contributed by atoms with E-state index in [1.54, 1.807) is 11.3 Å². The summed E-state index contributed by atoms with van der Waals surface area (Å²) in [6.45, 7) is 4.10. The molecule has 0 aliphatic rings. The van der Waals surface area contributed by atoms with Crippen molar-refractivity contribution < 1.29 is 4.21 Å². The molecule has 0 spiro atoms. The van der Waals surface area contributed by atoms with E-state index in [4.69, 9.17) is 5.73 Å². The van der Waals surface area contributed by atoms with Crippen LogP contribution in [0.15, 0.2) is 35.2 Å². The lowest BCUT2D eigenvalue weighted by atomic mass is 10.2. The lowest BCUT2D eigenvalue weighted by Crippen LogP contribution is -1.99. The number of thiophene rings is 1. The molecule has 2 N–H and O–H groups in total. The van der Waals surface area contributed by atoms with Gasteiger partial charge in [-0.25, -0.2) is 0 Å². The van der Waals surface area contributed by atoms with E-state index in [0.29, 0.717) is 11.4 Å². The van der Waals surface area contributed by atoms with Crippen LogP contribution in [0.3, 0.4) is 0 Å². The molecule has 0 radical (unpaired) electrons. The zero-order valence-electron chi connectivity index (χ0n) is 10.6. The lowest BCUT2D eigenvalue weighted by Gasteiger charge is -2.06. The molecule has 0 bridgehead atoms. The van der Waals surface area contributed by atoms with Crippen LogP contribution in [0, 0.1) is 6.92 Å². The van der Waals surface area contributed by atoms with Crippen LogP contribution in [-0.4, -0.2) is 4.21 Å². The molecule has 0 saturated carbocycles. The Balaban J connectivity index is 2.19. The minimum absolute atomic E-state index is 0.578. The van der Waals surface area contributed by atoms with Gasteiger partial charge in [0.2, 0.25) is 0 Å². The summed E-state index contributed by atoms with van der Waals surface area (Å²) < 4.78 is 12.3. The molecule has 1 aromatic carbocycles. The Morgan fingerprint density at radius 3 is 2.61 bits per heavy atom. The number of benzene rings is 1. The zero-order valence-corrected chi connectivity index (χ0v) is 12.2. The summed E-state index contributed by atoms with van der Waals surface area (Å²) in [6.07, 6.45) is 1.04. The molecular formula is C14H17NOS2. The van der Waals surface area contributed by atoms with Crippen molar-refractivity contribution in [3.05, 3.63) is 45.6 Å². The highest BCUT2D eigenvalue weighted by Crippen LogP contribution is 2.23. The van der Waals surface area contributed by atoms with Gasteiger partial charge in [-0.15, -0.1) is 11.3 Å². The summed E-state index contributed by atoms with van der Waals surface area (Å²) in [5.41, 5.74) is 7.46. The van der Waals surface area contributed by atoms with Crippen molar-refractivity contribution in [1.82, 2.24) is 0 Å². The molecular weight excluding hydrogens is 262 g/mol. The molecule has 1 heterocycles. The standard InChI is InChI=1S/C14H17NOS2/c1-3-12-6-7-13(17-12)9-18(16)14-8-11(15)5-4-10(14)2/h4-8H,3,9,15H2,1-2H3. The molecule has 2 nitrogen and oxygen atoms in total. The molecule has 1 aromatic heterocycles. The fourth-order valence-electron chi connectivity index (χ4n) is 1.76. The van der Waals surface area contributed by atoms with Crippen molar-refractivity contribution in [3.8, 4) is 0 Å². The lowest BCUT2D eigenvalue weighted by molar-refractivity contribution is 0.682. The van der Waals surface area contributed by atoms with Crippen LogP contribution >= 0.6 is 11.3 Å². The third kappa shape index (κ3) is 3.00. The number of hydrogen-bond acceptors (Lipinski definition) is 3. The average molecular weight is 279 g/mol. The van der Waals surface area contributed by atoms with Gasteiger partial charge >= 0.3 is 0 Å². The second-order valence-electron chi connectivity index (χ2n) is 4.24. The number of rotatable bonds is 4. The summed E-state index contributed by atoms with van der Waals surface area (Å²) in [6, 6.07) is 9.77. The molecule has 1 unspecified atom stereocenters. The van der Waals surface area contributed by atoms with E-state index in [1.165, 1.54) is 9.75 Å². The Morgan fingerprint density at radius 2 is 1.94 bits per heavy atom. The van der Waals surface area contributed by atoms with Crippen molar-refractivity contribution in [3.63, 3.8) is 0 Å². The van der Waals surface area contributed by atoms with Crippen LogP contribution < -0.4 is 5.73 Å². The molecule has 4 heteroatoms. The molecule has 0 aliphatic carbocycles. The fourth-order valence-corrected chi connectivity index (χ4v) is 4.27. The highest BCUT2D eigenvalue weighted by molar-refractivity contribution is 7.84. The van der Waals surface area contributed by atoms with Crippen molar-refractivity contribution in [2.45, 2.75) is 30.9 Å². The quantitative estimate of drug-likeness (QED) is 0.870. The Morgan fingerprint density at radius 1 is 1.22 bits per heavy atom. The topological polar surface area (TPSA) is 43.1 Å². The Kier molecular flexibility index (Phi) is 4.19. The van der Waals surface area contributed by atoms with Gasteiger partial charge in [-0.2, -0.15) is 0 Å². The Labute approximate surface area is 114 Å². The Hall–Kier alpha value is -1.13. The predicted molar refractivity (Wildman–Crippen MR) is 79.4 cm³/mol. The third-order valence-electron chi connectivity index (χ3n) is 2.80. The first-order valence-corrected chi connectivity index (χ1v) is 8.05. The third-order valence-corrected chi connectivity index (χ3v) is 5.71. The number of aryl methyl sites for hydroxylation is 2. The molecule has 96 valence electrons. The van der Waals surface area contributed by atoms with Gasteiger partial charge in [-0.05, 0) is 43.2 Å². The highest BCUT2D eigenvalue weighted by atomic mass is 32.2. The summed E-state index contributed by atoms with van der Waals surface area (Å²) >= 11 is 1.74. The maximum atomic E-state index is 12.3. The van der Waals surface area contributed by atoms with Gasteiger partial charge in [0.1, 0.15) is 0 Å². The first kappa shape index (κ1) is 13.3. The van der Waals surface area contributed by atoms with Gasteiger partial charge in [0.15, 0.2) is 0 Å². The van der Waals surface area contributed by atoms with E-state index in [1.807, 2.05) is 25.1 Å². The van der Waals surface area contributed by atoms with Crippen LogP contribution in [-0.2, 0) is 23.0 Å². The number of hydrogen-bond donors (Lipinski definition) is 1. The monoisotopic (exact) mass is 279 g/mol. The molecule has 1 atom stereocenters. The van der Waals surface area contributed by atoms with Gasteiger partial charge in [0.05, 0.1) is 16.6 Å². The molecule has 0 aliphatic heterocycles. The molecule has 2 aromatic rings. The van der Waals surface area contributed by atoms with Crippen molar-refractivity contribution in [2.75, 3.05) is 5.73 Å². The van der Waals surface area contributed by atoms with Gasteiger partial charge < -0.3 is 5.73 Å². The number of nitrogens with two attached hydrogens (primary N) is 1. The Bertz CT molecular complexity index is 575. The van der Waals surface area contributed by atoms with Gasteiger partial charge in [0, 0.05) is 20.3 Å². The first-order chi connectivity index (χ1) is 8.60. The van der Waals surface area contributed by atoms with Crippen molar-refractivity contribution in [1.29, 1.82) is 0 Å². The van der Waals surface area contributed by atoms with E-state index < -0.39 is 10.8 Å². The van der Waals surface area contributed by atoms with E-state index in [2.05, 4.69) is 19.1 Å². The maximum absolute atomic E-state index is 12.3. The van der Waals surface area contributed by atoms with E-state index in [0.717, 1.165) is 16.9 Å². The summed E-state index contributed by atoms with van der Waals surface area (Å²) in [7, 11) is -1.01. The normalized spacial score (nSPS) is 12.6. The van der Waals surface area contributed by atoms with E-state index >= 15 is 0 Å². The molecule has 0 amide bonds. The summed E-state index contributed by atoms with van der Waals surface area (Å²) in [5, 5.41) is 0. The van der Waals surface area contributed by atoms with Crippen molar-refractivity contribution in [2.24, 2.45) is 0 Å². The number of nitrogen functional groups attached to an aromatic ring is 1. The predicted octanol–water partition coefficient (Wildman–Crippen LogP) is 3.51. The van der Waals surface area contributed by atoms with Gasteiger partial charge in [-0.3, -0.25) is 4.21 Å². The van der Waals surface area contributed by atoms with E-state index in [9.17, 15) is 4.21 Å². The van der Waals surface area contributed by atoms with Crippen LogP contribution in [0.4, 0.5) is 5.69 Å². The van der Waals surface area contributed by atoms with Crippen LogP contribution in [0.25, 0.3) is 0 Å². The van der Waals surface area contributed by atoms with Crippen molar-refractivity contribution >= 4 is 27.8 Å². The average Bonchev–Trinajstić information content (AvgIpc) is 2.80. The van der Waals surface area contributed by atoms with Crippen LogP contribution in [0.1, 0.15) is 22.2 Å². The minimum atomic E-state index is -1.01. The van der Waals surface area contributed by atoms with E-state index in [-0.39, 0.29) is 0 Å². The van der Waals surface area contributed by atoms with Gasteiger partial charge in [0.25, 0.3) is 0 Å². The fraction of sp³-hybridized carbons (Fsp3) is 0.286. The molecule has 0 saturated heterocycles. The summed E-state index contributed by atoms with van der Waals surface area (Å²) in [4.78, 5) is 3.36. The second kappa shape index (κ2) is 5.67. The molecule has 0 fully saturated rings.